The van der Waals surface area contributed by atoms with E-state index < -0.39 is 5.60 Å². The van der Waals surface area contributed by atoms with Crippen LogP contribution in [0.5, 0.6) is 0 Å². The number of piperidine rings is 2. The molecule has 2 saturated heterocycles. The molecule has 7 heteroatoms. The van der Waals surface area contributed by atoms with Crippen LogP contribution in [-0.2, 0) is 14.3 Å². The Labute approximate surface area is 143 Å². The zero-order chi connectivity index (χ0) is 17.9. The molecule has 0 aromatic carbocycles. The molecule has 2 heterocycles. The van der Waals surface area contributed by atoms with Crippen LogP contribution in [-0.4, -0.2) is 59.5 Å². The largest absolute Gasteiger partial charge is 0.444 e. The first kappa shape index (κ1) is 18.5. The van der Waals surface area contributed by atoms with Gasteiger partial charge >= 0.3 is 6.09 Å². The highest BCUT2D eigenvalue weighted by Crippen LogP contribution is 2.24. The number of rotatable bonds is 2. The number of primary amides is 1. The van der Waals surface area contributed by atoms with Gasteiger partial charge < -0.3 is 20.3 Å². The van der Waals surface area contributed by atoms with Gasteiger partial charge in [0.25, 0.3) is 0 Å². The molecular formula is C17H29N3O4. The van der Waals surface area contributed by atoms with E-state index in [0.717, 1.165) is 25.7 Å². The molecule has 2 aliphatic heterocycles. The Morgan fingerprint density at radius 3 is 2.08 bits per heavy atom. The summed E-state index contributed by atoms with van der Waals surface area (Å²) in [5, 5.41) is 0. The predicted octanol–water partition coefficient (Wildman–Crippen LogP) is 1.36. The maximum atomic E-state index is 12.8. The van der Waals surface area contributed by atoms with Gasteiger partial charge in [0.2, 0.25) is 11.8 Å². The topological polar surface area (TPSA) is 92.9 Å². The van der Waals surface area contributed by atoms with Gasteiger partial charge in [0.15, 0.2) is 0 Å². The molecule has 0 aliphatic carbocycles. The lowest BCUT2D eigenvalue weighted by molar-refractivity contribution is -0.140. The normalized spacial score (nSPS) is 25.3. The Morgan fingerprint density at radius 1 is 0.958 bits per heavy atom. The van der Waals surface area contributed by atoms with Crippen LogP contribution >= 0.6 is 0 Å². The fourth-order valence-electron chi connectivity index (χ4n) is 3.34. The van der Waals surface area contributed by atoms with Crippen molar-refractivity contribution >= 4 is 17.9 Å². The summed E-state index contributed by atoms with van der Waals surface area (Å²) in [5.74, 6) is -0.799. The molecule has 0 radical (unpaired) electrons. The minimum absolute atomic E-state index is 0.0224. The van der Waals surface area contributed by atoms with Crippen LogP contribution in [0, 0.1) is 11.8 Å². The maximum absolute atomic E-state index is 12.8. The number of carbonyl (C=O) groups is 3. The van der Waals surface area contributed by atoms with Gasteiger partial charge in [-0.3, -0.25) is 9.59 Å². The zero-order valence-electron chi connectivity index (χ0n) is 14.9. The lowest BCUT2D eigenvalue weighted by Gasteiger charge is -2.38. The molecule has 0 spiro atoms. The predicted molar refractivity (Wildman–Crippen MR) is 89.0 cm³/mol. The molecule has 24 heavy (non-hydrogen) atoms. The van der Waals surface area contributed by atoms with E-state index in [4.69, 9.17) is 10.5 Å². The van der Waals surface area contributed by atoms with Gasteiger partial charge in [-0.05, 0) is 46.5 Å². The number of ether oxygens (including phenoxy) is 1. The van der Waals surface area contributed by atoms with E-state index in [9.17, 15) is 14.4 Å². The molecule has 0 aromatic rings. The van der Waals surface area contributed by atoms with Crippen molar-refractivity contribution in [3.63, 3.8) is 0 Å². The highest BCUT2D eigenvalue weighted by atomic mass is 16.6. The molecule has 0 bridgehead atoms. The maximum Gasteiger partial charge on any atom is 0.410 e. The second kappa shape index (κ2) is 7.40. The van der Waals surface area contributed by atoms with Crippen LogP contribution in [0.25, 0.3) is 0 Å². The third-order valence-corrected chi connectivity index (χ3v) is 4.56. The minimum Gasteiger partial charge on any atom is -0.444 e. The molecular weight excluding hydrogens is 310 g/mol. The van der Waals surface area contributed by atoms with Gasteiger partial charge in [-0.2, -0.15) is 0 Å². The lowest BCUT2D eigenvalue weighted by Crippen LogP contribution is -2.51. The van der Waals surface area contributed by atoms with Crippen molar-refractivity contribution in [1.29, 1.82) is 0 Å². The summed E-state index contributed by atoms with van der Waals surface area (Å²) in [4.78, 5) is 39.7. The number of nitrogens with two attached hydrogens (primary N) is 1. The molecule has 136 valence electrons. The summed E-state index contributed by atoms with van der Waals surface area (Å²) in [6.07, 6.45) is 2.71. The van der Waals surface area contributed by atoms with Crippen LogP contribution in [0.15, 0.2) is 0 Å². The Morgan fingerprint density at radius 2 is 1.50 bits per heavy atom. The number of nitrogens with zero attached hydrogens (tertiary/aromatic N) is 2. The molecule has 0 unspecified atom stereocenters. The summed E-state index contributed by atoms with van der Waals surface area (Å²) < 4.78 is 5.40. The van der Waals surface area contributed by atoms with Crippen LogP contribution < -0.4 is 5.73 Å². The summed E-state index contributed by atoms with van der Waals surface area (Å²) in [5.41, 5.74) is 4.84. The lowest BCUT2D eigenvalue weighted by atomic mass is 9.93. The summed E-state index contributed by atoms with van der Waals surface area (Å²) in [7, 11) is 0. The number of likely N-dealkylation sites (tertiary alicyclic amines) is 2. The number of hydrogen-bond acceptors (Lipinski definition) is 4. The molecule has 0 aromatic heterocycles. The molecule has 0 saturated carbocycles. The van der Waals surface area contributed by atoms with Crippen molar-refractivity contribution in [2.45, 2.75) is 52.1 Å². The average molecular weight is 339 g/mol. The van der Waals surface area contributed by atoms with E-state index in [2.05, 4.69) is 0 Å². The SMILES string of the molecule is CC(C)(C)OC(=O)N1CCC[C@@H](C(=O)N2CCC[C@@H](C(N)=O)C2)C1. The molecule has 3 amide bonds. The van der Waals surface area contributed by atoms with Crippen LogP contribution in [0.1, 0.15) is 46.5 Å². The Hall–Kier alpha value is -1.79. The van der Waals surface area contributed by atoms with Crippen molar-refractivity contribution < 1.29 is 19.1 Å². The van der Waals surface area contributed by atoms with Crippen molar-refractivity contribution in [2.24, 2.45) is 17.6 Å². The first-order valence-corrected chi connectivity index (χ1v) is 8.73. The molecule has 2 aliphatic rings. The van der Waals surface area contributed by atoms with E-state index in [1.54, 1.807) is 9.80 Å². The standard InChI is InChI=1S/C17H29N3O4/c1-17(2,3)24-16(23)20-9-5-7-13(11-20)15(22)19-8-4-6-12(10-19)14(18)21/h12-13H,4-11H2,1-3H3,(H2,18,21)/t12-,13-/m1/s1. The fraction of sp³-hybridized carbons (Fsp3) is 0.824. The Bertz CT molecular complexity index is 501. The van der Waals surface area contributed by atoms with Gasteiger partial charge in [-0.15, -0.1) is 0 Å². The second-order valence-corrected chi connectivity index (χ2v) is 7.79. The number of hydrogen-bond donors (Lipinski definition) is 1. The second-order valence-electron chi connectivity index (χ2n) is 7.79. The van der Waals surface area contributed by atoms with Gasteiger partial charge in [0.05, 0.1) is 11.8 Å². The first-order valence-electron chi connectivity index (χ1n) is 8.73. The van der Waals surface area contributed by atoms with Gasteiger partial charge in [0, 0.05) is 26.2 Å². The van der Waals surface area contributed by atoms with E-state index >= 15 is 0 Å². The van der Waals surface area contributed by atoms with Crippen molar-refractivity contribution in [3.8, 4) is 0 Å². The molecule has 2 N–H and O–H groups in total. The summed E-state index contributed by atoms with van der Waals surface area (Å²) in [6.45, 7) is 7.54. The average Bonchev–Trinajstić information content (AvgIpc) is 2.53. The smallest absolute Gasteiger partial charge is 0.410 e. The Kier molecular flexibility index (Phi) is 5.72. The summed E-state index contributed by atoms with van der Waals surface area (Å²) >= 11 is 0. The van der Waals surface area contributed by atoms with Crippen LogP contribution in [0.4, 0.5) is 4.79 Å². The van der Waals surface area contributed by atoms with Crippen LogP contribution in [0.2, 0.25) is 0 Å². The van der Waals surface area contributed by atoms with E-state index in [0.29, 0.717) is 26.2 Å². The monoisotopic (exact) mass is 339 g/mol. The van der Waals surface area contributed by atoms with Crippen molar-refractivity contribution in [1.82, 2.24) is 9.80 Å². The van der Waals surface area contributed by atoms with Crippen LogP contribution in [0.3, 0.4) is 0 Å². The highest BCUT2D eigenvalue weighted by molar-refractivity contribution is 5.82. The zero-order valence-corrected chi connectivity index (χ0v) is 14.9. The number of carbonyl (C=O) groups excluding carboxylic acids is 3. The minimum atomic E-state index is -0.546. The highest BCUT2D eigenvalue weighted by Gasteiger charge is 2.35. The van der Waals surface area contributed by atoms with E-state index in [1.165, 1.54) is 0 Å². The summed E-state index contributed by atoms with van der Waals surface area (Å²) in [6, 6.07) is 0. The van der Waals surface area contributed by atoms with Gasteiger partial charge in [-0.25, -0.2) is 4.79 Å². The molecule has 7 nitrogen and oxygen atoms in total. The van der Waals surface area contributed by atoms with E-state index in [-0.39, 0.29) is 29.7 Å². The molecule has 2 rings (SSSR count). The molecule has 2 fully saturated rings. The van der Waals surface area contributed by atoms with Gasteiger partial charge in [-0.1, -0.05) is 0 Å². The molecule has 2 atom stereocenters. The van der Waals surface area contributed by atoms with Crippen molar-refractivity contribution in [2.75, 3.05) is 26.2 Å². The number of amides is 3. The third-order valence-electron chi connectivity index (χ3n) is 4.56. The Balaban J connectivity index is 1.95. The first-order chi connectivity index (χ1) is 11.2. The van der Waals surface area contributed by atoms with Crippen molar-refractivity contribution in [3.05, 3.63) is 0 Å². The van der Waals surface area contributed by atoms with E-state index in [1.807, 2.05) is 20.8 Å². The van der Waals surface area contributed by atoms with Gasteiger partial charge in [0.1, 0.15) is 5.60 Å². The fourth-order valence-corrected chi connectivity index (χ4v) is 3.34. The quantitative estimate of drug-likeness (QED) is 0.822. The third kappa shape index (κ3) is 4.85.